The van der Waals surface area contributed by atoms with Gasteiger partial charge in [-0.25, -0.2) is 9.66 Å². The summed E-state index contributed by atoms with van der Waals surface area (Å²) >= 11 is 1.97. The number of carbonyl (C=O) groups excluding carboxylic acids is 1. The Morgan fingerprint density at radius 3 is 2.80 bits per heavy atom. The minimum atomic E-state index is -4.69. The Balaban J connectivity index is 1.94. The molecule has 2 rings (SSSR count). The van der Waals surface area contributed by atoms with Crippen LogP contribution in [0.25, 0.3) is 0 Å². The van der Waals surface area contributed by atoms with Crippen molar-refractivity contribution in [2.45, 2.75) is 11.3 Å². The number of alkyl halides is 3. The summed E-state index contributed by atoms with van der Waals surface area (Å²) in [6, 6.07) is 0. The van der Waals surface area contributed by atoms with E-state index in [0.29, 0.717) is 9.81 Å². The van der Waals surface area contributed by atoms with Crippen molar-refractivity contribution in [2.75, 3.05) is 16.9 Å². The molecule has 20 heavy (non-hydrogen) atoms. The second-order valence-corrected chi connectivity index (χ2v) is 5.19. The standard InChI is InChI=1S/C8H7F3N6OS2/c9-8(10,11)5-15-16-7(17(5)12)20-3-4(18)14-6-13-1-2-19-6/h1-2H,3,12H2,(H,13,14,18). The molecule has 0 saturated heterocycles. The maximum absolute atomic E-state index is 12.4. The lowest BCUT2D eigenvalue weighted by atomic mass is 10.6. The largest absolute Gasteiger partial charge is 0.453 e. The molecule has 0 bridgehead atoms. The highest BCUT2D eigenvalue weighted by atomic mass is 32.2. The Hall–Kier alpha value is -1.82. The number of nitrogens with one attached hydrogen (secondary N) is 1. The van der Waals surface area contributed by atoms with E-state index < -0.39 is 17.9 Å². The molecule has 0 unspecified atom stereocenters. The van der Waals surface area contributed by atoms with Gasteiger partial charge < -0.3 is 11.2 Å². The van der Waals surface area contributed by atoms with E-state index in [1.54, 1.807) is 5.38 Å². The molecule has 0 spiro atoms. The van der Waals surface area contributed by atoms with Crippen LogP contribution in [0.5, 0.6) is 0 Å². The number of hydrogen-bond acceptors (Lipinski definition) is 7. The first-order valence-corrected chi connectivity index (χ1v) is 6.84. The highest BCUT2D eigenvalue weighted by Crippen LogP contribution is 2.28. The third-order valence-corrected chi connectivity index (χ3v) is 3.56. The lowest BCUT2D eigenvalue weighted by Gasteiger charge is -2.05. The van der Waals surface area contributed by atoms with E-state index in [4.69, 9.17) is 5.84 Å². The second-order valence-electron chi connectivity index (χ2n) is 3.35. The van der Waals surface area contributed by atoms with Crippen LogP contribution >= 0.6 is 23.1 Å². The number of carbonyl (C=O) groups is 1. The Labute approximate surface area is 118 Å². The van der Waals surface area contributed by atoms with Gasteiger partial charge >= 0.3 is 6.18 Å². The summed E-state index contributed by atoms with van der Waals surface area (Å²) < 4.78 is 37.5. The molecule has 3 N–H and O–H groups in total. The molecular weight excluding hydrogens is 317 g/mol. The quantitative estimate of drug-likeness (QED) is 0.648. The average Bonchev–Trinajstić information content (AvgIpc) is 2.95. The molecular formula is C8H7F3N6OS2. The van der Waals surface area contributed by atoms with Gasteiger partial charge in [0.15, 0.2) is 5.13 Å². The second kappa shape index (κ2) is 5.66. The number of hydrogen-bond donors (Lipinski definition) is 2. The first-order chi connectivity index (χ1) is 9.38. The Morgan fingerprint density at radius 2 is 2.25 bits per heavy atom. The molecule has 0 aromatic carbocycles. The fourth-order valence-electron chi connectivity index (χ4n) is 1.14. The number of thiazole rings is 1. The fourth-order valence-corrected chi connectivity index (χ4v) is 2.34. The minimum absolute atomic E-state index is 0.160. The van der Waals surface area contributed by atoms with E-state index in [-0.39, 0.29) is 10.9 Å². The smallest absolute Gasteiger partial charge is 0.335 e. The van der Waals surface area contributed by atoms with Crippen LogP contribution < -0.4 is 11.2 Å². The molecule has 12 heteroatoms. The summed E-state index contributed by atoms with van der Waals surface area (Å²) in [5.74, 6) is 3.31. The van der Waals surface area contributed by atoms with Gasteiger partial charge in [-0.2, -0.15) is 13.2 Å². The van der Waals surface area contributed by atoms with Gasteiger partial charge in [0.1, 0.15) is 0 Å². The van der Waals surface area contributed by atoms with E-state index in [1.165, 1.54) is 17.5 Å². The van der Waals surface area contributed by atoms with Gasteiger partial charge in [-0.1, -0.05) is 11.8 Å². The van der Waals surface area contributed by atoms with Crippen LogP contribution in [0.2, 0.25) is 0 Å². The highest BCUT2D eigenvalue weighted by molar-refractivity contribution is 7.99. The summed E-state index contributed by atoms with van der Waals surface area (Å²) in [7, 11) is 0. The van der Waals surface area contributed by atoms with E-state index in [1.807, 2.05) is 0 Å². The molecule has 2 aromatic heterocycles. The van der Waals surface area contributed by atoms with Gasteiger partial charge in [-0.15, -0.1) is 21.5 Å². The number of nitrogens with two attached hydrogens (primary N) is 1. The Bertz CT molecular complexity index is 596. The minimum Gasteiger partial charge on any atom is -0.335 e. The lowest BCUT2D eigenvalue weighted by molar-refractivity contribution is -0.146. The molecule has 2 aromatic rings. The fraction of sp³-hybridized carbons (Fsp3) is 0.250. The summed E-state index contributed by atoms with van der Waals surface area (Å²) in [6.45, 7) is 0. The first-order valence-electron chi connectivity index (χ1n) is 4.98. The number of anilines is 1. The van der Waals surface area contributed by atoms with Crippen LogP contribution in [-0.4, -0.2) is 31.5 Å². The van der Waals surface area contributed by atoms with Crippen molar-refractivity contribution in [3.8, 4) is 0 Å². The van der Waals surface area contributed by atoms with Crippen molar-refractivity contribution in [3.63, 3.8) is 0 Å². The molecule has 108 valence electrons. The molecule has 0 aliphatic heterocycles. The van der Waals surface area contributed by atoms with Gasteiger partial charge in [0, 0.05) is 11.6 Å². The zero-order valence-corrected chi connectivity index (χ0v) is 11.2. The van der Waals surface area contributed by atoms with Crippen LogP contribution in [0.1, 0.15) is 5.82 Å². The van der Waals surface area contributed by atoms with Gasteiger partial charge in [0.25, 0.3) is 5.82 Å². The van der Waals surface area contributed by atoms with Crippen LogP contribution in [-0.2, 0) is 11.0 Å². The summed E-state index contributed by atoms with van der Waals surface area (Å²) in [5, 5.41) is 10.6. The van der Waals surface area contributed by atoms with Gasteiger partial charge in [0.05, 0.1) is 5.75 Å². The van der Waals surface area contributed by atoms with Crippen molar-refractivity contribution in [2.24, 2.45) is 0 Å². The van der Waals surface area contributed by atoms with Crippen LogP contribution in [0.3, 0.4) is 0 Å². The molecule has 1 amide bonds. The van der Waals surface area contributed by atoms with Crippen molar-refractivity contribution < 1.29 is 18.0 Å². The number of amides is 1. The lowest BCUT2D eigenvalue weighted by Crippen LogP contribution is -2.21. The third-order valence-electron chi connectivity index (χ3n) is 1.93. The molecule has 2 heterocycles. The van der Waals surface area contributed by atoms with Crippen molar-refractivity contribution in [3.05, 3.63) is 17.4 Å². The van der Waals surface area contributed by atoms with E-state index >= 15 is 0 Å². The normalized spacial score (nSPS) is 11.6. The summed E-state index contributed by atoms with van der Waals surface area (Å²) in [6.07, 6.45) is -3.18. The van der Waals surface area contributed by atoms with E-state index in [9.17, 15) is 18.0 Å². The first kappa shape index (κ1) is 14.6. The number of rotatable bonds is 4. The van der Waals surface area contributed by atoms with E-state index in [0.717, 1.165) is 11.8 Å². The van der Waals surface area contributed by atoms with Gasteiger partial charge in [-0.3, -0.25) is 4.79 Å². The average molecular weight is 324 g/mol. The third kappa shape index (κ3) is 3.39. The molecule has 0 saturated carbocycles. The number of aromatic nitrogens is 4. The van der Waals surface area contributed by atoms with Crippen LogP contribution in [0, 0.1) is 0 Å². The number of thioether (sulfide) groups is 1. The molecule has 0 aliphatic carbocycles. The topological polar surface area (TPSA) is 98.7 Å². The van der Waals surface area contributed by atoms with Crippen molar-refractivity contribution in [1.82, 2.24) is 19.9 Å². The zero-order valence-electron chi connectivity index (χ0n) is 9.59. The molecule has 0 fully saturated rings. The Kier molecular flexibility index (Phi) is 4.13. The van der Waals surface area contributed by atoms with Crippen LogP contribution in [0.15, 0.2) is 16.7 Å². The van der Waals surface area contributed by atoms with Crippen LogP contribution in [0.4, 0.5) is 18.3 Å². The maximum Gasteiger partial charge on any atom is 0.453 e. The molecule has 7 nitrogen and oxygen atoms in total. The Morgan fingerprint density at radius 1 is 1.50 bits per heavy atom. The van der Waals surface area contributed by atoms with Gasteiger partial charge in [0.2, 0.25) is 11.1 Å². The van der Waals surface area contributed by atoms with Crippen molar-refractivity contribution in [1.29, 1.82) is 0 Å². The van der Waals surface area contributed by atoms with E-state index in [2.05, 4.69) is 20.5 Å². The number of nitrogen functional groups attached to an aromatic ring is 1. The van der Waals surface area contributed by atoms with Gasteiger partial charge in [-0.05, 0) is 0 Å². The molecule has 0 aliphatic rings. The van der Waals surface area contributed by atoms with Crippen molar-refractivity contribution >= 4 is 34.1 Å². The molecule has 0 radical (unpaired) electrons. The number of halogens is 3. The highest BCUT2D eigenvalue weighted by Gasteiger charge is 2.38. The zero-order chi connectivity index (χ0) is 14.8. The SMILES string of the molecule is Nn1c(SCC(=O)Nc2nccs2)nnc1C(F)(F)F. The monoisotopic (exact) mass is 324 g/mol. The number of nitrogens with zero attached hydrogens (tertiary/aromatic N) is 4. The summed E-state index contributed by atoms with van der Waals surface area (Å²) in [4.78, 5) is 15.3. The molecule has 0 atom stereocenters. The predicted molar refractivity (Wildman–Crippen MR) is 66.6 cm³/mol. The maximum atomic E-state index is 12.4. The summed E-state index contributed by atoms with van der Waals surface area (Å²) in [5.41, 5.74) is 0. The predicted octanol–water partition coefficient (Wildman–Crippen LogP) is 1.20.